The standard InChI is InChI=1S/C8H8O5S/c1-2-12-7-3-5-8(6-4-7)13-14(9,10)11/h2-6H,1H2,(H,9,10,11). The SMILES string of the molecule is C=COc1ccc(OS(=O)(=O)O)cc1. The highest BCUT2D eigenvalue weighted by Gasteiger charge is 2.05. The molecule has 0 aliphatic carbocycles. The maximum absolute atomic E-state index is 10.3. The van der Waals surface area contributed by atoms with E-state index in [9.17, 15) is 8.42 Å². The third kappa shape index (κ3) is 3.46. The Bertz CT molecular complexity index is 406. The Labute approximate surface area is 81.5 Å². The normalized spacial score (nSPS) is 10.6. The molecule has 1 aromatic rings. The van der Waals surface area contributed by atoms with E-state index in [1.807, 2.05) is 0 Å². The van der Waals surface area contributed by atoms with Crippen LogP contribution in [0.15, 0.2) is 37.1 Å². The number of hydrogen-bond acceptors (Lipinski definition) is 4. The van der Waals surface area contributed by atoms with Gasteiger partial charge in [-0.15, -0.1) is 0 Å². The summed E-state index contributed by atoms with van der Waals surface area (Å²) in [7, 11) is -4.46. The maximum Gasteiger partial charge on any atom is 0.446 e. The highest BCUT2D eigenvalue weighted by molar-refractivity contribution is 7.81. The van der Waals surface area contributed by atoms with Gasteiger partial charge in [-0.05, 0) is 24.3 Å². The van der Waals surface area contributed by atoms with Crippen molar-refractivity contribution in [3.63, 3.8) is 0 Å². The zero-order valence-electron chi connectivity index (χ0n) is 7.08. The molecule has 0 aromatic heterocycles. The molecule has 76 valence electrons. The summed E-state index contributed by atoms with van der Waals surface area (Å²) in [6.45, 7) is 3.35. The summed E-state index contributed by atoms with van der Waals surface area (Å²) in [5.74, 6) is 0.492. The van der Waals surface area contributed by atoms with Crippen molar-refractivity contribution in [2.24, 2.45) is 0 Å². The molecule has 1 aromatic carbocycles. The molecule has 0 fully saturated rings. The first-order valence-electron chi connectivity index (χ1n) is 3.56. The molecular formula is C8H8O5S. The van der Waals surface area contributed by atoms with Crippen LogP contribution in [0.5, 0.6) is 11.5 Å². The predicted molar refractivity (Wildman–Crippen MR) is 49.4 cm³/mol. The van der Waals surface area contributed by atoms with Gasteiger partial charge in [-0.2, -0.15) is 8.42 Å². The topological polar surface area (TPSA) is 72.8 Å². The molecule has 0 aliphatic rings. The molecular weight excluding hydrogens is 208 g/mol. The quantitative estimate of drug-likeness (QED) is 0.608. The fraction of sp³-hybridized carbons (Fsp3) is 0. The van der Waals surface area contributed by atoms with Crippen LogP contribution in [0.1, 0.15) is 0 Å². The number of ether oxygens (including phenoxy) is 1. The van der Waals surface area contributed by atoms with Gasteiger partial charge in [0.2, 0.25) is 0 Å². The zero-order chi connectivity index (χ0) is 10.6. The predicted octanol–water partition coefficient (Wildman–Crippen LogP) is 1.39. The van der Waals surface area contributed by atoms with Crippen LogP contribution in [0, 0.1) is 0 Å². The van der Waals surface area contributed by atoms with Crippen LogP contribution >= 0.6 is 0 Å². The second kappa shape index (κ2) is 4.12. The molecule has 5 nitrogen and oxygen atoms in total. The van der Waals surface area contributed by atoms with Crippen LogP contribution in [0.4, 0.5) is 0 Å². The molecule has 14 heavy (non-hydrogen) atoms. The van der Waals surface area contributed by atoms with Crippen LogP contribution in [-0.2, 0) is 10.4 Å². The molecule has 0 saturated heterocycles. The lowest BCUT2D eigenvalue weighted by atomic mass is 10.3. The third-order valence-electron chi connectivity index (χ3n) is 1.24. The highest BCUT2D eigenvalue weighted by Crippen LogP contribution is 2.18. The Morgan fingerprint density at radius 1 is 1.21 bits per heavy atom. The van der Waals surface area contributed by atoms with E-state index in [0.717, 1.165) is 0 Å². The molecule has 0 heterocycles. The molecule has 0 bridgehead atoms. The van der Waals surface area contributed by atoms with Gasteiger partial charge < -0.3 is 8.92 Å². The third-order valence-corrected chi connectivity index (χ3v) is 1.65. The van der Waals surface area contributed by atoms with Crippen molar-refractivity contribution in [1.29, 1.82) is 0 Å². The van der Waals surface area contributed by atoms with Crippen molar-refractivity contribution >= 4 is 10.4 Å². The maximum atomic E-state index is 10.3. The Morgan fingerprint density at radius 2 is 1.71 bits per heavy atom. The van der Waals surface area contributed by atoms with Gasteiger partial charge in [-0.3, -0.25) is 4.55 Å². The Hall–Kier alpha value is -1.53. The van der Waals surface area contributed by atoms with Crippen LogP contribution in [0.3, 0.4) is 0 Å². The van der Waals surface area contributed by atoms with Crippen molar-refractivity contribution < 1.29 is 21.9 Å². The second-order valence-corrected chi connectivity index (χ2v) is 3.29. The smallest absolute Gasteiger partial charge is 0.446 e. The summed E-state index contributed by atoms with van der Waals surface area (Å²) in [5.41, 5.74) is 0. The molecule has 0 atom stereocenters. The van der Waals surface area contributed by atoms with Gasteiger partial charge in [0.1, 0.15) is 11.5 Å². The summed E-state index contributed by atoms with van der Waals surface area (Å²) in [6, 6.07) is 5.63. The molecule has 0 radical (unpaired) electrons. The van der Waals surface area contributed by atoms with E-state index in [1.165, 1.54) is 30.5 Å². The molecule has 0 unspecified atom stereocenters. The lowest BCUT2D eigenvalue weighted by Gasteiger charge is -2.02. The molecule has 1 rings (SSSR count). The molecule has 0 aliphatic heterocycles. The van der Waals surface area contributed by atoms with Crippen LogP contribution < -0.4 is 8.92 Å². The minimum absolute atomic E-state index is 0.00362. The Morgan fingerprint density at radius 3 is 2.14 bits per heavy atom. The Balaban J connectivity index is 2.78. The summed E-state index contributed by atoms with van der Waals surface area (Å²) in [6.07, 6.45) is 1.23. The summed E-state index contributed by atoms with van der Waals surface area (Å²) in [4.78, 5) is 0. The van der Waals surface area contributed by atoms with E-state index >= 15 is 0 Å². The largest absolute Gasteiger partial charge is 0.466 e. The first-order chi connectivity index (χ1) is 6.51. The van der Waals surface area contributed by atoms with Crippen LogP contribution in [0.25, 0.3) is 0 Å². The highest BCUT2D eigenvalue weighted by atomic mass is 32.3. The van der Waals surface area contributed by atoms with Gasteiger partial charge in [0, 0.05) is 0 Å². The fourth-order valence-electron chi connectivity index (χ4n) is 0.792. The van der Waals surface area contributed by atoms with E-state index in [0.29, 0.717) is 5.75 Å². The van der Waals surface area contributed by atoms with Gasteiger partial charge in [0.05, 0.1) is 6.26 Å². The van der Waals surface area contributed by atoms with E-state index in [2.05, 4.69) is 10.8 Å². The Kier molecular flexibility index (Phi) is 3.10. The second-order valence-electron chi connectivity index (χ2n) is 2.27. The van der Waals surface area contributed by atoms with Gasteiger partial charge >= 0.3 is 10.4 Å². The zero-order valence-corrected chi connectivity index (χ0v) is 7.90. The first-order valence-corrected chi connectivity index (χ1v) is 4.92. The van der Waals surface area contributed by atoms with Gasteiger partial charge in [-0.1, -0.05) is 6.58 Å². The number of rotatable bonds is 4. The van der Waals surface area contributed by atoms with Crippen LogP contribution in [0.2, 0.25) is 0 Å². The lowest BCUT2D eigenvalue weighted by Crippen LogP contribution is -2.06. The summed E-state index contributed by atoms with van der Waals surface area (Å²) >= 11 is 0. The fourth-order valence-corrected chi connectivity index (χ4v) is 1.15. The van der Waals surface area contributed by atoms with E-state index in [-0.39, 0.29) is 5.75 Å². The summed E-state index contributed by atoms with van der Waals surface area (Å²) < 4.78 is 38.0. The average molecular weight is 216 g/mol. The van der Waals surface area contributed by atoms with Crippen molar-refractivity contribution in [3.05, 3.63) is 37.1 Å². The molecule has 0 spiro atoms. The van der Waals surface area contributed by atoms with Crippen molar-refractivity contribution in [2.45, 2.75) is 0 Å². The van der Waals surface area contributed by atoms with Crippen molar-refractivity contribution in [2.75, 3.05) is 0 Å². The monoisotopic (exact) mass is 216 g/mol. The van der Waals surface area contributed by atoms with E-state index in [1.54, 1.807) is 0 Å². The van der Waals surface area contributed by atoms with Crippen LogP contribution in [-0.4, -0.2) is 13.0 Å². The van der Waals surface area contributed by atoms with Gasteiger partial charge in [0.25, 0.3) is 0 Å². The summed E-state index contributed by atoms with van der Waals surface area (Å²) in [5, 5.41) is 0. The van der Waals surface area contributed by atoms with Gasteiger partial charge in [-0.25, -0.2) is 0 Å². The minimum atomic E-state index is -4.46. The minimum Gasteiger partial charge on any atom is -0.466 e. The van der Waals surface area contributed by atoms with Crippen molar-refractivity contribution in [3.8, 4) is 11.5 Å². The number of benzene rings is 1. The van der Waals surface area contributed by atoms with E-state index in [4.69, 9.17) is 9.29 Å². The molecule has 1 N–H and O–H groups in total. The van der Waals surface area contributed by atoms with E-state index < -0.39 is 10.4 Å². The molecule has 0 amide bonds. The van der Waals surface area contributed by atoms with Gasteiger partial charge in [0.15, 0.2) is 0 Å². The number of hydrogen-bond donors (Lipinski definition) is 1. The molecule has 0 saturated carbocycles. The average Bonchev–Trinajstić information content (AvgIpc) is 2.06. The lowest BCUT2D eigenvalue weighted by molar-refractivity contribution is 0.386. The van der Waals surface area contributed by atoms with Crippen molar-refractivity contribution in [1.82, 2.24) is 0 Å². The first kappa shape index (κ1) is 10.6. The molecule has 6 heteroatoms.